The highest BCUT2D eigenvalue weighted by atomic mass is 35.5. The van der Waals surface area contributed by atoms with Crippen LogP contribution in [0, 0.1) is 0 Å². The summed E-state index contributed by atoms with van der Waals surface area (Å²) in [6, 6.07) is 1.12. The fraction of sp³-hybridized carbons (Fsp3) is 0. The van der Waals surface area contributed by atoms with Crippen molar-refractivity contribution in [3.8, 4) is 11.5 Å². The van der Waals surface area contributed by atoms with E-state index in [2.05, 4.69) is 0 Å². The molecule has 0 atom stereocenters. The van der Waals surface area contributed by atoms with Gasteiger partial charge < -0.3 is 10.2 Å². The Hall–Kier alpha value is -0.310. The normalized spacial score (nSPS) is 10.1. The first-order valence-corrected chi connectivity index (χ1v) is 3.73. The molecule has 0 heterocycles. The molecule has 1 aromatic rings. The van der Waals surface area contributed by atoms with Crippen molar-refractivity contribution in [1.29, 1.82) is 0 Å². The molecule has 2 nitrogen and oxygen atoms in total. The largest absolute Gasteiger partial charge is 0.504 e. The number of hydrogen-bond donors (Lipinski definition) is 2. The monoisotopic (exact) mass is 212 g/mol. The summed E-state index contributed by atoms with van der Waals surface area (Å²) in [4.78, 5) is 0. The quantitative estimate of drug-likeness (QED) is 0.514. The Balaban J connectivity index is 3.46. The fourth-order valence-electron chi connectivity index (χ4n) is 0.573. The summed E-state index contributed by atoms with van der Waals surface area (Å²) in [5.41, 5.74) is 0. The van der Waals surface area contributed by atoms with Crippen molar-refractivity contribution in [2.45, 2.75) is 0 Å². The lowest BCUT2D eigenvalue weighted by molar-refractivity contribution is 0.404. The van der Waals surface area contributed by atoms with Gasteiger partial charge in [0.25, 0.3) is 0 Å². The Morgan fingerprint density at radius 2 is 1.55 bits per heavy atom. The van der Waals surface area contributed by atoms with Crippen molar-refractivity contribution in [3.63, 3.8) is 0 Å². The standard InChI is InChI=1S/C6H3Cl3O2/c7-2-1-3(10)6(11)5(9)4(2)8/h1,10-11H. The molecule has 0 spiro atoms. The Labute approximate surface area is 77.9 Å². The van der Waals surface area contributed by atoms with Crippen molar-refractivity contribution >= 4 is 34.8 Å². The van der Waals surface area contributed by atoms with Crippen LogP contribution in [0.2, 0.25) is 15.1 Å². The molecule has 0 aliphatic heterocycles. The van der Waals surface area contributed by atoms with E-state index in [0.29, 0.717) is 0 Å². The Morgan fingerprint density at radius 1 is 1.00 bits per heavy atom. The summed E-state index contributed by atoms with van der Waals surface area (Å²) < 4.78 is 0. The van der Waals surface area contributed by atoms with Gasteiger partial charge in [-0.3, -0.25) is 0 Å². The summed E-state index contributed by atoms with van der Waals surface area (Å²) in [5, 5.41) is 17.9. The van der Waals surface area contributed by atoms with Crippen LogP contribution in [0.25, 0.3) is 0 Å². The van der Waals surface area contributed by atoms with Gasteiger partial charge in [-0.2, -0.15) is 0 Å². The van der Waals surface area contributed by atoms with Crippen LogP contribution in [0.5, 0.6) is 11.5 Å². The second-order valence-electron chi connectivity index (χ2n) is 1.85. The molecule has 1 aromatic carbocycles. The van der Waals surface area contributed by atoms with E-state index in [1.807, 2.05) is 0 Å². The first-order chi connectivity index (χ1) is 5.04. The van der Waals surface area contributed by atoms with Crippen LogP contribution in [-0.4, -0.2) is 10.2 Å². The number of phenols is 2. The van der Waals surface area contributed by atoms with Gasteiger partial charge >= 0.3 is 0 Å². The smallest absolute Gasteiger partial charge is 0.178 e. The zero-order valence-electron chi connectivity index (χ0n) is 5.11. The van der Waals surface area contributed by atoms with E-state index < -0.39 is 5.75 Å². The number of aromatic hydroxyl groups is 2. The van der Waals surface area contributed by atoms with Crippen LogP contribution in [0.3, 0.4) is 0 Å². The molecule has 0 radical (unpaired) electrons. The first kappa shape index (κ1) is 8.78. The highest BCUT2D eigenvalue weighted by Gasteiger charge is 2.12. The average molecular weight is 213 g/mol. The van der Waals surface area contributed by atoms with Crippen LogP contribution in [0.15, 0.2) is 6.07 Å². The van der Waals surface area contributed by atoms with Gasteiger partial charge in [-0.05, 0) is 0 Å². The zero-order valence-corrected chi connectivity index (χ0v) is 7.37. The minimum Gasteiger partial charge on any atom is -0.504 e. The van der Waals surface area contributed by atoms with Crippen LogP contribution < -0.4 is 0 Å². The molecule has 0 aliphatic carbocycles. The minimum absolute atomic E-state index is 0.0311. The van der Waals surface area contributed by atoms with E-state index in [-0.39, 0.29) is 20.8 Å². The van der Waals surface area contributed by atoms with Gasteiger partial charge in [-0.1, -0.05) is 34.8 Å². The van der Waals surface area contributed by atoms with Gasteiger partial charge in [0, 0.05) is 6.07 Å². The second-order valence-corrected chi connectivity index (χ2v) is 3.02. The maximum Gasteiger partial charge on any atom is 0.178 e. The van der Waals surface area contributed by atoms with Crippen molar-refractivity contribution in [1.82, 2.24) is 0 Å². The molecule has 2 N–H and O–H groups in total. The van der Waals surface area contributed by atoms with Crippen molar-refractivity contribution in [2.24, 2.45) is 0 Å². The average Bonchev–Trinajstić information content (AvgIpc) is 1.97. The third-order valence-electron chi connectivity index (χ3n) is 1.12. The minimum atomic E-state index is -0.457. The Kier molecular flexibility index (Phi) is 2.37. The predicted molar refractivity (Wildman–Crippen MR) is 44.8 cm³/mol. The van der Waals surface area contributed by atoms with Gasteiger partial charge in [0.1, 0.15) is 5.02 Å². The molecular weight excluding hydrogens is 210 g/mol. The summed E-state index contributed by atoms with van der Waals surface area (Å²) >= 11 is 16.5. The van der Waals surface area contributed by atoms with Crippen molar-refractivity contribution in [3.05, 3.63) is 21.1 Å². The number of halogens is 3. The van der Waals surface area contributed by atoms with E-state index in [4.69, 9.17) is 45.0 Å². The van der Waals surface area contributed by atoms with Crippen molar-refractivity contribution < 1.29 is 10.2 Å². The number of rotatable bonds is 0. The summed E-state index contributed by atoms with van der Waals surface area (Å²) in [6.07, 6.45) is 0. The van der Waals surface area contributed by atoms with Gasteiger partial charge in [-0.25, -0.2) is 0 Å². The van der Waals surface area contributed by atoms with Crippen LogP contribution in [0.4, 0.5) is 0 Å². The predicted octanol–water partition coefficient (Wildman–Crippen LogP) is 3.06. The van der Waals surface area contributed by atoms with Gasteiger partial charge in [0.2, 0.25) is 0 Å². The first-order valence-electron chi connectivity index (χ1n) is 2.59. The van der Waals surface area contributed by atoms with E-state index in [0.717, 1.165) is 6.07 Å². The van der Waals surface area contributed by atoms with E-state index in [1.165, 1.54) is 0 Å². The summed E-state index contributed by atoms with van der Waals surface area (Å²) in [7, 11) is 0. The van der Waals surface area contributed by atoms with Crippen LogP contribution in [-0.2, 0) is 0 Å². The molecule has 0 aliphatic rings. The summed E-state index contributed by atoms with van der Waals surface area (Å²) in [6.45, 7) is 0. The molecule has 0 saturated heterocycles. The molecule has 11 heavy (non-hydrogen) atoms. The second kappa shape index (κ2) is 2.97. The van der Waals surface area contributed by atoms with E-state index in [1.54, 1.807) is 0 Å². The number of benzene rings is 1. The lowest BCUT2D eigenvalue weighted by Gasteiger charge is -2.02. The van der Waals surface area contributed by atoms with Crippen LogP contribution >= 0.6 is 34.8 Å². The van der Waals surface area contributed by atoms with Gasteiger partial charge in [0.05, 0.1) is 10.0 Å². The number of hydrogen-bond acceptors (Lipinski definition) is 2. The lowest BCUT2D eigenvalue weighted by Crippen LogP contribution is -1.74. The molecule has 0 aromatic heterocycles. The molecular formula is C6H3Cl3O2. The maximum absolute atomic E-state index is 8.99. The maximum atomic E-state index is 8.99. The molecule has 0 amide bonds. The third kappa shape index (κ3) is 1.48. The van der Waals surface area contributed by atoms with E-state index >= 15 is 0 Å². The fourth-order valence-corrected chi connectivity index (χ4v) is 1.16. The van der Waals surface area contributed by atoms with E-state index in [9.17, 15) is 0 Å². The lowest BCUT2D eigenvalue weighted by atomic mass is 10.3. The Morgan fingerprint density at radius 3 is 2.09 bits per heavy atom. The molecule has 0 unspecified atom stereocenters. The Bertz CT molecular complexity index is 272. The van der Waals surface area contributed by atoms with Crippen molar-refractivity contribution in [2.75, 3.05) is 0 Å². The SMILES string of the molecule is Oc1cc(Cl)c(Cl)c(Cl)c1O. The topological polar surface area (TPSA) is 40.5 Å². The molecule has 0 fully saturated rings. The third-order valence-corrected chi connectivity index (χ3v) is 2.37. The number of phenolic OH excluding ortho intramolecular Hbond substituents is 2. The molecule has 1 rings (SSSR count). The molecule has 0 bridgehead atoms. The van der Waals surface area contributed by atoms with Gasteiger partial charge in [-0.15, -0.1) is 0 Å². The molecule has 0 saturated carbocycles. The highest BCUT2D eigenvalue weighted by molar-refractivity contribution is 6.48. The van der Waals surface area contributed by atoms with Gasteiger partial charge in [0.15, 0.2) is 11.5 Å². The molecule has 60 valence electrons. The summed E-state index contributed by atoms with van der Waals surface area (Å²) in [5.74, 6) is -0.842. The molecule has 5 heteroatoms. The van der Waals surface area contributed by atoms with Crippen LogP contribution in [0.1, 0.15) is 0 Å². The zero-order chi connectivity index (χ0) is 8.59. The highest BCUT2D eigenvalue weighted by Crippen LogP contribution is 2.42.